The number of hydrogen-bond acceptors (Lipinski definition) is 3. The Labute approximate surface area is 81.9 Å². The second-order valence-corrected chi connectivity index (χ2v) is 3.18. The molecule has 0 spiro atoms. The van der Waals surface area contributed by atoms with Gasteiger partial charge in [-0.15, -0.1) is 0 Å². The molecule has 1 aromatic rings. The van der Waals surface area contributed by atoms with Crippen LogP contribution >= 0.6 is 11.6 Å². The van der Waals surface area contributed by atoms with Gasteiger partial charge in [-0.05, 0) is 23.8 Å². The molecular weight excluding hydrogens is 186 g/mol. The number of nitriles is 1. The highest BCUT2D eigenvalue weighted by molar-refractivity contribution is 6.30. The molecule has 0 fully saturated rings. The lowest BCUT2D eigenvalue weighted by Gasteiger charge is -2.10. The zero-order chi connectivity index (χ0) is 9.84. The molecule has 1 aromatic carbocycles. The van der Waals surface area contributed by atoms with Crippen molar-refractivity contribution in [1.29, 1.82) is 5.26 Å². The average Bonchev–Trinajstić information content (AvgIpc) is 2.09. The lowest BCUT2D eigenvalue weighted by atomic mass is 10.0. The van der Waals surface area contributed by atoms with Gasteiger partial charge in [0.05, 0.1) is 12.5 Å². The van der Waals surface area contributed by atoms with Gasteiger partial charge in [0.1, 0.15) is 0 Å². The molecule has 0 aliphatic rings. The first kappa shape index (κ1) is 9.85. The van der Waals surface area contributed by atoms with Crippen molar-refractivity contribution in [2.45, 2.75) is 12.5 Å². The lowest BCUT2D eigenvalue weighted by Crippen LogP contribution is -2.11. The van der Waals surface area contributed by atoms with E-state index in [1.807, 2.05) is 6.07 Å². The quantitative estimate of drug-likeness (QED) is 0.707. The van der Waals surface area contributed by atoms with Crippen LogP contribution < -0.4 is 11.5 Å². The fraction of sp³-hybridized carbons (Fsp3) is 0.222. The Morgan fingerprint density at radius 1 is 1.54 bits per heavy atom. The van der Waals surface area contributed by atoms with E-state index in [1.165, 1.54) is 0 Å². The Balaban J connectivity index is 3.00. The van der Waals surface area contributed by atoms with Crippen LogP contribution in [0.1, 0.15) is 18.0 Å². The first-order valence-corrected chi connectivity index (χ1v) is 4.20. The zero-order valence-corrected chi connectivity index (χ0v) is 7.75. The van der Waals surface area contributed by atoms with Crippen molar-refractivity contribution in [2.24, 2.45) is 5.73 Å². The molecule has 0 bridgehead atoms. The SMILES string of the molecule is N#CC[C@@H](N)c1cc(Cl)ccc1N. The number of nitrogens with zero attached hydrogens (tertiary/aromatic N) is 1. The van der Waals surface area contributed by atoms with Gasteiger partial charge in [-0.3, -0.25) is 0 Å². The topological polar surface area (TPSA) is 75.8 Å². The molecule has 0 radical (unpaired) electrons. The van der Waals surface area contributed by atoms with Gasteiger partial charge in [0.25, 0.3) is 0 Å². The number of nitrogen functional groups attached to an aromatic ring is 1. The van der Waals surface area contributed by atoms with Crippen LogP contribution in [0.2, 0.25) is 5.02 Å². The van der Waals surface area contributed by atoms with Gasteiger partial charge in [-0.25, -0.2) is 0 Å². The first-order chi connectivity index (χ1) is 6.15. The third-order valence-corrected chi connectivity index (χ3v) is 1.99. The van der Waals surface area contributed by atoms with Crippen LogP contribution in [0, 0.1) is 11.3 Å². The Morgan fingerprint density at radius 3 is 2.85 bits per heavy atom. The summed E-state index contributed by atoms with van der Waals surface area (Å²) in [5.41, 5.74) is 12.7. The zero-order valence-electron chi connectivity index (χ0n) is 7.00. The highest BCUT2D eigenvalue weighted by Crippen LogP contribution is 2.24. The molecule has 1 atom stereocenters. The van der Waals surface area contributed by atoms with E-state index in [9.17, 15) is 0 Å². The Morgan fingerprint density at radius 2 is 2.23 bits per heavy atom. The fourth-order valence-corrected chi connectivity index (χ4v) is 1.26. The summed E-state index contributed by atoms with van der Waals surface area (Å²) in [5.74, 6) is 0. The largest absolute Gasteiger partial charge is 0.398 e. The average molecular weight is 196 g/mol. The van der Waals surface area contributed by atoms with Crippen molar-refractivity contribution < 1.29 is 0 Å². The molecule has 3 nitrogen and oxygen atoms in total. The standard InChI is InChI=1S/C9H10ClN3/c10-6-1-2-8(12)7(5-6)9(13)3-4-11/h1-2,5,9H,3,12-13H2/t9-/m1/s1. The van der Waals surface area contributed by atoms with Crippen molar-refractivity contribution in [2.75, 3.05) is 5.73 Å². The minimum Gasteiger partial charge on any atom is -0.398 e. The molecule has 68 valence electrons. The highest BCUT2D eigenvalue weighted by Gasteiger charge is 2.09. The summed E-state index contributed by atoms with van der Waals surface area (Å²) in [5, 5.41) is 9.04. The van der Waals surface area contributed by atoms with Gasteiger partial charge >= 0.3 is 0 Å². The number of anilines is 1. The summed E-state index contributed by atoms with van der Waals surface area (Å²) in [6.45, 7) is 0. The number of halogens is 1. The van der Waals surface area contributed by atoms with Crippen molar-refractivity contribution in [3.05, 3.63) is 28.8 Å². The van der Waals surface area contributed by atoms with Crippen LogP contribution in [0.4, 0.5) is 5.69 Å². The Bertz CT molecular complexity index is 343. The van der Waals surface area contributed by atoms with Crippen molar-refractivity contribution in [1.82, 2.24) is 0 Å². The van der Waals surface area contributed by atoms with Crippen LogP contribution in [-0.4, -0.2) is 0 Å². The molecule has 1 rings (SSSR count). The number of hydrogen-bond donors (Lipinski definition) is 2. The smallest absolute Gasteiger partial charge is 0.0641 e. The van der Waals surface area contributed by atoms with Gasteiger partial charge < -0.3 is 11.5 Å². The van der Waals surface area contributed by atoms with E-state index in [0.29, 0.717) is 10.7 Å². The molecule has 4 heteroatoms. The molecule has 0 unspecified atom stereocenters. The molecule has 4 N–H and O–H groups in total. The minimum absolute atomic E-state index is 0.241. The van der Waals surface area contributed by atoms with E-state index in [0.717, 1.165) is 5.56 Å². The first-order valence-electron chi connectivity index (χ1n) is 3.82. The second-order valence-electron chi connectivity index (χ2n) is 2.74. The molecule has 0 heterocycles. The monoisotopic (exact) mass is 195 g/mol. The third-order valence-electron chi connectivity index (χ3n) is 1.76. The lowest BCUT2D eigenvalue weighted by molar-refractivity contribution is 0.751. The maximum Gasteiger partial charge on any atom is 0.0641 e. The van der Waals surface area contributed by atoms with E-state index >= 15 is 0 Å². The molecular formula is C9H10ClN3. The Kier molecular flexibility index (Phi) is 3.13. The highest BCUT2D eigenvalue weighted by atomic mass is 35.5. The van der Waals surface area contributed by atoms with E-state index < -0.39 is 0 Å². The maximum absolute atomic E-state index is 8.45. The maximum atomic E-state index is 8.45. The summed E-state index contributed by atoms with van der Waals surface area (Å²) in [4.78, 5) is 0. The molecule has 0 saturated carbocycles. The van der Waals surface area contributed by atoms with Crippen LogP contribution in [0.3, 0.4) is 0 Å². The van der Waals surface area contributed by atoms with Gasteiger partial charge in [-0.1, -0.05) is 11.6 Å². The predicted octanol–water partition coefficient (Wildman–Crippen LogP) is 1.84. The minimum atomic E-state index is -0.358. The molecule has 0 aromatic heterocycles. The molecule has 13 heavy (non-hydrogen) atoms. The van der Waals surface area contributed by atoms with Gasteiger partial charge in [0.2, 0.25) is 0 Å². The van der Waals surface area contributed by atoms with Crippen LogP contribution in [-0.2, 0) is 0 Å². The van der Waals surface area contributed by atoms with Crippen molar-refractivity contribution in [3.8, 4) is 6.07 Å². The number of nitrogens with two attached hydrogens (primary N) is 2. The molecule has 0 saturated heterocycles. The van der Waals surface area contributed by atoms with E-state index in [4.69, 9.17) is 28.3 Å². The van der Waals surface area contributed by atoms with Gasteiger partial charge in [0.15, 0.2) is 0 Å². The third kappa shape index (κ3) is 2.35. The molecule has 0 aliphatic heterocycles. The summed E-state index contributed by atoms with van der Waals surface area (Å²) >= 11 is 5.77. The Hall–Kier alpha value is -1.24. The number of benzene rings is 1. The number of rotatable bonds is 2. The van der Waals surface area contributed by atoms with E-state index in [2.05, 4.69) is 0 Å². The molecule has 0 aliphatic carbocycles. The summed E-state index contributed by atoms with van der Waals surface area (Å²) in [6, 6.07) is 6.71. The van der Waals surface area contributed by atoms with Crippen LogP contribution in [0.15, 0.2) is 18.2 Å². The normalized spacial score (nSPS) is 12.1. The van der Waals surface area contributed by atoms with Crippen LogP contribution in [0.5, 0.6) is 0 Å². The van der Waals surface area contributed by atoms with Gasteiger partial charge in [-0.2, -0.15) is 5.26 Å². The van der Waals surface area contributed by atoms with Crippen LogP contribution in [0.25, 0.3) is 0 Å². The molecule has 0 amide bonds. The van der Waals surface area contributed by atoms with E-state index in [-0.39, 0.29) is 12.5 Å². The summed E-state index contributed by atoms with van der Waals surface area (Å²) < 4.78 is 0. The second kappa shape index (κ2) is 4.13. The van der Waals surface area contributed by atoms with Crippen molar-refractivity contribution >= 4 is 17.3 Å². The van der Waals surface area contributed by atoms with Gasteiger partial charge in [0, 0.05) is 16.8 Å². The van der Waals surface area contributed by atoms with E-state index in [1.54, 1.807) is 18.2 Å². The fourth-order valence-electron chi connectivity index (χ4n) is 1.08. The predicted molar refractivity (Wildman–Crippen MR) is 53.0 cm³/mol. The summed E-state index contributed by atoms with van der Waals surface area (Å²) in [7, 11) is 0. The van der Waals surface area contributed by atoms with Crippen molar-refractivity contribution in [3.63, 3.8) is 0 Å². The summed E-state index contributed by atoms with van der Waals surface area (Å²) in [6.07, 6.45) is 0.241.